The lowest BCUT2D eigenvalue weighted by Crippen LogP contribution is -2.33. The molecule has 0 bridgehead atoms. The maximum Gasteiger partial charge on any atom is 0.170 e. The van der Waals surface area contributed by atoms with Crippen LogP contribution in [0.3, 0.4) is 0 Å². The molecule has 3 heterocycles. The first kappa shape index (κ1) is 20.5. The Balaban J connectivity index is 1.75. The second-order valence-electron chi connectivity index (χ2n) is 7.73. The quantitative estimate of drug-likeness (QED) is 0.583. The summed E-state index contributed by atoms with van der Waals surface area (Å²) in [5.41, 5.74) is 2.43. The van der Waals surface area contributed by atoms with Gasteiger partial charge in [-0.25, -0.2) is 4.39 Å². The largest absolute Gasteiger partial charge is 0.352 e. The minimum atomic E-state index is -0.253. The molecule has 156 valence electrons. The van der Waals surface area contributed by atoms with Gasteiger partial charge in [0.2, 0.25) is 0 Å². The predicted octanol–water partition coefficient (Wildman–Crippen LogP) is 3.94. The molecule has 0 amide bonds. The van der Waals surface area contributed by atoms with Crippen LogP contribution in [0.5, 0.6) is 0 Å². The van der Waals surface area contributed by atoms with Gasteiger partial charge in [-0.3, -0.25) is 4.98 Å². The van der Waals surface area contributed by atoms with E-state index in [9.17, 15) is 4.39 Å². The van der Waals surface area contributed by atoms with Gasteiger partial charge in [-0.2, -0.15) is 0 Å². The maximum absolute atomic E-state index is 14.6. The monoisotopic (exact) mass is 423 g/mol. The molecule has 4 rings (SSSR count). The molecule has 0 spiro atoms. The molecule has 1 fully saturated rings. The number of benzene rings is 1. The van der Waals surface area contributed by atoms with E-state index in [4.69, 9.17) is 12.2 Å². The number of thiocarbonyl (C=S) groups is 1. The lowest BCUT2D eigenvalue weighted by molar-refractivity contribution is 0.286. The van der Waals surface area contributed by atoms with Crippen LogP contribution in [0.4, 0.5) is 4.39 Å². The standard InChI is InChI=1S/C23H26FN5S/c1-27(2)14-8-16-29-22(21(26-23(29)30)18-10-5-6-13-25-18)20-12-7-15-28(20)19-11-4-3-9-17(19)24/h3-7,9-13,15,21-22H,8,14,16H2,1-2H3,(H,26,30). The van der Waals surface area contributed by atoms with E-state index < -0.39 is 0 Å². The van der Waals surface area contributed by atoms with Crippen LogP contribution in [-0.4, -0.2) is 51.6 Å². The summed E-state index contributed by atoms with van der Waals surface area (Å²) in [5.74, 6) is -0.253. The van der Waals surface area contributed by atoms with Crippen LogP contribution in [0.1, 0.15) is 29.9 Å². The van der Waals surface area contributed by atoms with Crippen LogP contribution in [0.2, 0.25) is 0 Å². The van der Waals surface area contributed by atoms with E-state index in [1.165, 1.54) is 6.07 Å². The third kappa shape index (κ3) is 4.08. The number of nitrogens with one attached hydrogen (secondary N) is 1. The summed E-state index contributed by atoms with van der Waals surface area (Å²) in [6.07, 6.45) is 4.67. The predicted molar refractivity (Wildman–Crippen MR) is 121 cm³/mol. The fourth-order valence-corrected chi connectivity index (χ4v) is 4.36. The van der Waals surface area contributed by atoms with Crippen LogP contribution >= 0.6 is 12.2 Å². The lowest BCUT2D eigenvalue weighted by atomic mass is 10.0. The molecular formula is C23H26FN5S. The van der Waals surface area contributed by atoms with E-state index in [0.717, 1.165) is 30.9 Å². The van der Waals surface area contributed by atoms with Gasteiger partial charge < -0.3 is 19.7 Å². The first-order valence-electron chi connectivity index (χ1n) is 10.1. The Labute approximate surface area is 182 Å². The van der Waals surface area contributed by atoms with Crippen molar-refractivity contribution in [3.05, 3.63) is 84.2 Å². The Morgan fingerprint density at radius 1 is 1.10 bits per heavy atom. The average molecular weight is 424 g/mol. The molecule has 5 nitrogen and oxygen atoms in total. The van der Waals surface area contributed by atoms with Gasteiger partial charge in [-0.15, -0.1) is 0 Å². The molecule has 0 saturated carbocycles. The molecule has 0 radical (unpaired) electrons. The highest BCUT2D eigenvalue weighted by Crippen LogP contribution is 2.39. The number of pyridine rings is 1. The molecule has 2 atom stereocenters. The van der Waals surface area contributed by atoms with Crippen LogP contribution in [0.25, 0.3) is 5.69 Å². The Hall–Kier alpha value is -2.77. The number of hydrogen-bond acceptors (Lipinski definition) is 3. The summed E-state index contributed by atoms with van der Waals surface area (Å²) >= 11 is 5.72. The molecule has 1 aliphatic rings. The van der Waals surface area contributed by atoms with E-state index in [2.05, 4.69) is 34.2 Å². The number of halogens is 1. The second kappa shape index (κ2) is 8.93. The molecule has 1 aromatic carbocycles. The molecule has 30 heavy (non-hydrogen) atoms. The number of aromatic nitrogens is 2. The van der Waals surface area contributed by atoms with Crippen molar-refractivity contribution in [3.8, 4) is 5.69 Å². The Kier molecular flexibility index (Phi) is 6.11. The van der Waals surface area contributed by atoms with E-state index >= 15 is 0 Å². The van der Waals surface area contributed by atoms with Crippen molar-refractivity contribution in [2.24, 2.45) is 0 Å². The van der Waals surface area contributed by atoms with Crippen molar-refractivity contribution >= 4 is 17.3 Å². The van der Waals surface area contributed by atoms with E-state index in [-0.39, 0.29) is 17.9 Å². The molecule has 2 unspecified atom stereocenters. The van der Waals surface area contributed by atoms with Crippen LogP contribution in [0, 0.1) is 5.82 Å². The van der Waals surface area contributed by atoms with Gasteiger partial charge in [0.15, 0.2) is 5.11 Å². The van der Waals surface area contributed by atoms with Crippen LogP contribution in [-0.2, 0) is 0 Å². The SMILES string of the molecule is CN(C)CCCN1C(=S)NC(c2ccccn2)C1c1cccn1-c1ccccc1F. The summed E-state index contributed by atoms with van der Waals surface area (Å²) in [7, 11) is 4.14. The second-order valence-corrected chi connectivity index (χ2v) is 8.12. The summed E-state index contributed by atoms with van der Waals surface area (Å²) in [6.45, 7) is 1.77. The van der Waals surface area contributed by atoms with Crippen molar-refractivity contribution in [2.45, 2.75) is 18.5 Å². The van der Waals surface area contributed by atoms with Crippen LogP contribution < -0.4 is 5.32 Å². The molecule has 1 saturated heterocycles. The van der Waals surface area contributed by atoms with Crippen molar-refractivity contribution in [1.82, 2.24) is 24.7 Å². The fraction of sp³-hybridized carbons (Fsp3) is 0.304. The molecular weight excluding hydrogens is 397 g/mol. The van der Waals surface area contributed by atoms with E-state index in [1.807, 2.05) is 47.2 Å². The van der Waals surface area contributed by atoms with Gasteiger partial charge in [0.1, 0.15) is 5.82 Å². The molecule has 1 aliphatic heterocycles. The van der Waals surface area contributed by atoms with Crippen molar-refractivity contribution in [3.63, 3.8) is 0 Å². The Morgan fingerprint density at radius 2 is 1.90 bits per heavy atom. The molecule has 7 heteroatoms. The summed E-state index contributed by atoms with van der Waals surface area (Å²) in [6, 6.07) is 16.5. The Bertz CT molecular complexity index is 1000. The van der Waals surface area contributed by atoms with Crippen LogP contribution in [0.15, 0.2) is 67.0 Å². The Morgan fingerprint density at radius 3 is 2.63 bits per heavy atom. The molecule has 2 aromatic heterocycles. The summed E-state index contributed by atoms with van der Waals surface area (Å²) in [4.78, 5) is 8.96. The highest BCUT2D eigenvalue weighted by molar-refractivity contribution is 7.80. The molecule has 3 aromatic rings. The minimum Gasteiger partial charge on any atom is -0.352 e. The minimum absolute atomic E-state index is 0.0934. The summed E-state index contributed by atoms with van der Waals surface area (Å²) < 4.78 is 16.5. The lowest BCUT2D eigenvalue weighted by Gasteiger charge is -2.29. The van der Waals surface area contributed by atoms with Gasteiger partial charge in [0.25, 0.3) is 0 Å². The zero-order valence-electron chi connectivity index (χ0n) is 17.2. The first-order chi connectivity index (χ1) is 14.6. The highest BCUT2D eigenvalue weighted by atomic mass is 32.1. The number of para-hydroxylation sites is 1. The van der Waals surface area contributed by atoms with Gasteiger partial charge in [0.05, 0.1) is 23.5 Å². The normalized spacial score (nSPS) is 18.8. The van der Waals surface area contributed by atoms with Crippen molar-refractivity contribution < 1.29 is 4.39 Å². The van der Waals surface area contributed by atoms with Gasteiger partial charge in [-0.05, 0) is 75.7 Å². The number of rotatable bonds is 7. The van der Waals surface area contributed by atoms with Crippen molar-refractivity contribution in [2.75, 3.05) is 27.2 Å². The highest BCUT2D eigenvalue weighted by Gasteiger charge is 2.41. The number of nitrogens with zero attached hydrogens (tertiary/aromatic N) is 4. The molecule has 0 aliphatic carbocycles. The van der Waals surface area contributed by atoms with Crippen molar-refractivity contribution in [1.29, 1.82) is 0 Å². The van der Waals surface area contributed by atoms with E-state index in [0.29, 0.717) is 10.8 Å². The fourth-order valence-electron chi connectivity index (χ4n) is 4.03. The first-order valence-corrected chi connectivity index (χ1v) is 10.5. The van der Waals surface area contributed by atoms with E-state index in [1.54, 1.807) is 18.3 Å². The maximum atomic E-state index is 14.6. The van der Waals surface area contributed by atoms with Gasteiger partial charge in [-0.1, -0.05) is 18.2 Å². The summed E-state index contributed by atoms with van der Waals surface area (Å²) in [5, 5.41) is 4.17. The third-order valence-corrected chi connectivity index (χ3v) is 5.75. The van der Waals surface area contributed by atoms with Gasteiger partial charge in [0, 0.05) is 24.6 Å². The topological polar surface area (TPSA) is 36.3 Å². The number of hydrogen-bond donors (Lipinski definition) is 1. The molecule has 1 N–H and O–H groups in total. The zero-order valence-corrected chi connectivity index (χ0v) is 18.0. The van der Waals surface area contributed by atoms with Gasteiger partial charge >= 0.3 is 0 Å². The smallest absolute Gasteiger partial charge is 0.170 e. The third-order valence-electron chi connectivity index (χ3n) is 5.40. The zero-order chi connectivity index (χ0) is 21.1. The average Bonchev–Trinajstić information content (AvgIpc) is 3.33.